The highest BCUT2D eigenvalue weighted by molar-refractivity contribution is 7.89. The normalized spacial score (nSPS) is 13.3. The highest BCUT2D eigenvalue weighted by Crippen LogP contribution is 2.21. The van der Waals surface area contributed by atoms with Crippen molar-refractivity contribution >= 4 is 21.6 Å². The molecule has 0 bridgehead atoms. The molecule has 1 heterocycles. The molecule has 0 radical (unpaired) electrons. The van der Waals surface area contributed by atoms with Gasteiger partial charge in [0.25, 0.3) is 0 Å². The molecule has 0 amide bonds. The SMILES string of the molecule is CO[C@H](CNS(=O)(=O)c1ccccc1Cl)c1ccco1. The van der Waals surface area contributed by atoms with E-state index in [0.717, 1.165) is 0 Å². The Balaban J connectivity index is 2.12. The van der Waals surface area contributed by atoms with Crippen molar-refractivity contribution in [3.8, 4) is 0 Å². The van der Waals surface area contributed by atoms with E-state index in [1.165, 1.54) is 25.5 Å². The molecular weight excluding hydrogens is 302 g/mol. The minimum atomic E-state index is -3.69. The van der Waals surface area contributed by atoms with E-state index in [1.54, 1.807) is 24.3 Å². The summed E-state index contributed by atoms with van der Waals surface area (Å²) in [7, 11) is -2.21. The number of benzene rings is 1. The summed E-state index contributed by atoms with van der Waals surface area (Å²) >= 11 is 5.89. The van der Waals surface area contributed by atoms with Gasteiger partial charge in [0.05, 0.1) is 11.3 Å². The van der Waals surface area contributed by atoms with E-state index in [0.29, 0.717) is 5.76 Å². The van der Waals surface area contributed by atoms with Crippen LogP contribution in [0.3, 0.4) is 0 Å². The summed E-state index contributed by atoms with van der Waals surface area (Å²) in [6.07, 6.45) is 1.01. The molecule has 20 heavy (non-hydrogen) atoms. The molecule has 0 saturated carbocycles. The molecule has 5 nitrogen and oxygen atoms in total. The number of rotatable bonds is 6. The molecule has 2 aromatic rings. The van der Waals surface area contributed by atoms with Crippen LogP contribution in [0.5, 0.6) is 0 Å². The lowest BCUT2D eigenvalue weighted by molar-refractivity contribution is 0.0878. The van der Waals surface area contributed by atoms with Crippen LogP contribution in [0.25, 0.3) is 0 Å². The fraction of sp³-hybridized carbons (Fsp3) is 0.231. The van der Waals surface area contributed by atoms with Gasteiger partial charge in [0.15, 0.2) is 0 Å². The molecule has 108 valence electrons. The van der Waals surface area contributed by atoms with E-state index in [2.05, 4.69) is 4.72 Å². The molecule has 0 fully saturated rings. The van der Waals surface area contributed by atoms with E-state index >= 15 is 0 Å². The molecule has 0 aliphatic carbocycles. The molecule has 0 aliphatic rings. The van der Waals surface area contributed by atoms with E-state index in [-0.39, 0.29) is 16.5 Å². The summed E-state index contributed by atoms with van der Waals surface area (Å²) < 4.78 is 37.2. The van der Waals surface area contributed by atoms with Gasteiger partial charge in [-0.1, -0.05) is 23.7 Å². The molecule has 0 spiro atoms. The van der Waals surface area contributed by atoms with Crippen molar-refractivity contribution in [1.82, 2.24) is 4.72 Å². The highest BCUT2D eigenvalue weighted by atomic mass is 35.5. The Kier molecular flexibility index (Phi) is 4.82. The number of ether oxygens (including phenoxy) is 1. The second-order valence-corrected chi connectivity index (χ2v) is 6.16. The second kappa shape index (κ2) is 6.41. The fourth-order valence-electron chi connectivity index (χ4n) is 1.70. The smallest absolute Gasteiger partial charge is 0.242 e. The van der Waals surface area contributed by atoms with Gasteiger partial charge >= 0.3 is 0 Å². The van der Waals surface area contributed by atoms with Gasteiger partial charge in [-0.3, -0.25) is 0 Å². The van der Waals surface area contributed by atoms with Gasteiger partial charge in [0, 0.05) is 13.7 Å². The summed E-state index contributed by atoms with van der Waals surface area (Å²) in [6, 6.07) is 9.68. The molecule has 0 aliphatic heterocycles. The molecule has 0 unspecified atom stereocenters. The highest BCUT2D eigenvalue weighted by Gasteiger charge is 2.21. The van der Waals surface area contributed by atoms with Gasteiger partial charge in [-0.15, -0.1) is 0 Å². The molecular formula is C13H14ClNO4S. The van der Waals surface area contributed by atoms with Crippen molar-refractivity contribution in [3.05, 3.63) is 53.4 Å². The van der Waals surface area contributed by atoms with Crippen LogP contribution in [0.2, 0.25) is 5.02 Å². The van der Waals surface area contributed by atoms with Crippen molar-refractivity contribution < 1.29 is 17.6 Å². The lowest BCUT2D eigenvalue weighted by Gasteiger charge is -2.14. The first-order valence-electron chi connectivity index (χ1n) is 5.85. The Morgan fingerprint density at radius 2 is 2.05 bits per heavy atom. The third-order valence-electron chi connectivity index (χ3n) is 2.73. The minimum Gasteiger partial charge on any atom is -0.467 e. The molecule has 1 atom stereocenters. The van der Waals surface area contributed by atoms with Crippen LogP contribution < -0.4 is 4.72 Å². The minimum absolute atomic E-state index is 0.0379. The monoisotopic (exact) mass is 315 g/mol. The van der Waals surface area contributed by atoms with E-state index in [9.17, 15) is 8.42 Å². The van der Waals surface area contributed by atoms with Crippen LogP contribution >= 0.6 is 11.6 Å². The van der Waals surface area contributed by atoms with Crippen LogP contribution in [-0.4, -0.2) is 22.1 Å². The first-order chi connectivity index (χ1) is 9.54. The molecule has 2 rings (SSSR count). The van der Waals surface area contributed by atoms with Crippen LogP contribution in [0.4, 0.5) is 0 Å². The number of halogens is 1. The topological polar surface area (TPSA) is 68.5 Å². The Morgan fingerprint density at radius 1 is 1.30 bits per heavy atom. The average Bonchev–Trinajstić information content (AvgIpc) is 2.94. The number of furan rings is 1. The molecule has 1 aromatic heterocycles. The van der Waals surface area contributed by atoms with Gasteiger partial charge in [-0.05, 0) is 24.3 Å². The lowest BCUT2D eigenvalue weighted by Crippen LogP contribution is -2.29. The summed E-state index contributed by atoms with van der Waals surface area (Å²) in [5.74, 6) is 0.550. The van der Waals surface area contributed by atoms with Gasteiger partial charge < -0.3 is 9.15 Å². The van der Waals surface area contributed by atoms with Crippen molar-refractivity contribution in [2.24, 2.45) is 0 Å². The lowest BCUT2D eigenvalue weighted by atomic mass is 10.3. The Morgan fingerprint density at radius 3 is 2.65 bits per heavy atom. The first-order valence-corrected chi connectivity index (χ1v) is 7.71. The zero-order chi connectivity index (χ0) is 14.6. The molecule has 1 N–H and O–H groups in total. The van der Waals surface area contributed by atoms with E-state index in [1.807, 2.05) is 0 Å². The van der Waals surface area contributed by atoms with Crippen molar-refractivity contribution in [1.29, 1.82) is 0 Å². The summed E-state index contributed by atoms with van der Waals surface area (Å²) in [5, 5.41) is 0.173. The first kappa shape index (κ1) is 15.1. The van der Waals surface area contributed by atoms with Crippen LogP contribution in [0, 0.1) is 0 Å². The number of methoxy groups -OCH3 is 1. The standard InChI is InChI=1S/C13H14ClNO4S/c1-18-12(11-6-4-8-19-11)9-15-20(16,17)13-7-3-2-5-10(13)14/h2-8,12,15H,9H2,1H3/t12-/m1/s1. The van der Waals surface area contributed by atoms with Crippen LogP contribution in [-0.2, 0) is 14.8 Å². The second-order valence-electron chi connectivity index (χ2n) is 4.02. The van der Waals surface area contributed by atoms with Gasteiger partial charge in [0.1, 0.15) is 16.8 Å². The number of hydrogen-bond acceptors (Lipinski definition) is 4. The van der Waals surface area contributed by atoms with Crippen LogP contribution in [0.1, 0.15) is 11.9 Å². The maximum Gasteiger partial charge on any atom is 0.242 e. The molecule has 7 heteroatoms. The fourth-order valence-corrected chi connectivity index (χ4v) is 3.25. The predicted octanol–water partition coefficient (Wildman–Crippen LogP) is 2.60. The molecule has 0 saturated heterocycles. The summed E-state index contributed by atoms with van der Waals surface area (Å²) in [4.78, 5) is 0.0379. The van der Waals surface area contributed by atoms with Crippen molar-refractivity contribution in [2.45, 2.75) is 11.0 Å². The van der Waals surface area contributed by atoms with Crippen molar-refractivity contribution in [3.63, 3.8) is 0 Å². The van der Waals surface area contributed by atoms with Crippen LogP contribution in [0.15, 0.2) is 52.0 Å². The zero-order valence-corrected chi connectivity index (χ0v) is 12.3. The Hall–Kier alpha value is -1.34. The van der Waals surface area contributed by atoms with E-state index < -0.39 is 16.1 Å². The molecule has 1 aromatic carbocycles. The predicted molar refractivity (Wildman–Crippen MR) is 75.1 cm³/mol. The zero-order valence-electron chi connectivity index (χ0n) is 10.7. The van der Waals surface area contributed by atoms with Crippen molar-refractivity contribution in [2.75, 3.05) is 13.7 Å². The third kappa shape index (κ3) is 3.40. The summed E-state index contributed by atoms with van der Waals surface area (Å²) in [6.45, 7) is 0.0531. The largest absolute Gasteiger partial charge is 0.467 e. The van der Waals surface area contributed by atoms with Gasteiger partial charge in [0.2, 0.25) is 10.0 Å². The van der Waals surface area contributed by atoms with E-state index in [4.69, 9.17) is 20.8 Å². The number of hydrogen-bond donors (Lipinski definition) is 1. The summed E-state index contributed by atoms with van der Waals surface area (Å²) in [5.41, 5.74) is 0. The quantitative estimate of drug-likeness (QED) is 0.889. The maximum absolute atomic E-state index is 12.2. The number of sulfonamides is 1. The Labute approximate surface area is 122 Å². The Bertz CT molecular complexity index is 655. The average molecular weight is 316 g/mol. The third-order valence-corrected chi connectivity index (χ3v) is 4.65. The maximum atomic E-state index is 12.2. The van der Waals surface area contributed by atoms with Gasteiger partial charge in [-0.25, -0.2) is 13.1 Å². The number of nitrogens with one attached hydrogen (secondary N) is 1. The van der Waals surface area contributed by atoms with Gasteiger partial charge in [-0.2, -0.15) is 0 Å².